The van der Waals surface area contributed by atoms with Crippen molar-refractivity contribution >= 4 is 23.7 Å². The molecule has 98 valence electrons. The zero-order valence-corrected chi connectivity index (χ0v) is 10.8. The van der Waals surface area contributed by atoms with Gasteiger partial charge in [0.25, 0.3) is 0 Å². The first kappa shape index (κ1) is 11.9. The molecule has 2 N–H and O–H groups in total. The molecule has 0 saturated carbocycles. The second-order valence-electron chi connectivity index (χ2n) is 4.08. The van der Waals surface area contributed by atoms with E-state index in [9.17, 15) is 4.79 Å². The molecule has 2 heterocycles. The number of hydrogen-bond donors (Lipinski definition) is 1. The number of halogens is 1. The first-order valence-electron chi connectivity index (χ1n) is 5.49. The van der Waals surface area contributed by atoms with Crippen molar-refractivity contribution in [2.24, 2.45) is 7.05 Å². The van der Waals surface area contributed by atoms with E-state index in [4.69, 9.17) is 26.8 Å². The van der Waals surface area contributed by atoms with Gasteiger partial charge in [-0.25, -0.2) is 0 Å². The fraction of sp³-hybridized carbons (Fsp3) is 0.167. The summed E-state index contributed by atoms with van der Waals surface area (Å²) in [7, 11) is 1.73. The summed E-state index contributed by atoms with van der Waals surface area (Å²) in [6.45, 7) is 0.0475. The number of hydrogen-bond acceptors (Lipinski definition) is 5. The molecule has 1 aromatic carbocycles. The van der Waals surface area contributed by atoms with Gasteiger partial charge in [-0.05, 0) is 6.07 Å². The fourth-order valence-corrected chi connectivity index (χ4v) is 2.29. The minimum absolute atomic E-state index is 0.0475. The van der Waals surface area contributed by atoms with Crippen molar-refractivity contribution in [3.8, 4) is 22.8 Å². The van der Waals surface area contributed by atoms with E-state index in [1.54, 1.807) is 13.1 Å². The highest BCUT2D eigenvalue weighted by atomic mass is 35.5. The molecular formula is C12H10ClN3O3. The van der Waals surface area contributed by atoms with E-state index in [0.717, 1.165) is 0 Å². The fourth-order valence-electron chi connectivity index (χ4n) is 1.99. The Morgan fingerprint density at radius 1 is 1.42 bits per heavy atom. The van der Waals surface area contributed by atoms with Gasteiger partial charge in [-0.1, -0.05) is 11.6 Å². The number of nitrogens with zero attached hydrogens (tertiary/aromatic N) is 2. The van der Waals surface area contributed by atoms with Crippen LogP contribution in [0.3, 0.4) is 0 Å². The minimum atomic E-state index is 0.0475. The molecule has 0 unspecified atom stereocenters. The van der Waals surface area contributed by atoms with Gasteiger partial charge in [0.05, 0.1) is 21.8 Å². The number of aromatic nitrogens is 2. The van der Waals surface area contributed by atoms with Gasteiger partial charge in [-0.15, -0.1) is 0 Å². The number of anilines is 1. The maximum atomic E-state index is 11.0. The van der Waals surface area contributed by atoms with E-state index in [1.807, 2.05) is 0 Å². The Morgan fingerprint density at radius 3 is 2.79 bits per heavy atom. The first-order chi connectivity index (χ1) is 9.11. The summed E-state index contributed by atoms with van der Waals surface area (Å²) < 4.78 is 12.2. The lowest BCUT2D eigenvalue weighted by Crippen LogP contribution is -1.97. The van der Waals surface area contributed by atoms with Crippen molar-refractivity contribution in [1.82, 2.24) is 9.78 Å². The molecular weight excluding hydrogens is 270 g/mol. The normalized spacial score (nSPS) is 12.7. The van der Waals surface area contributed by atoms with E-state index in [2.05, 4.69) is 5.10 Å². The van der Waals surface area contributed by atoms with Crippen LogP contribution in [0.5, 0.6) is 11.5 Å². The highest BCUT2D eigenvalue weighted by molar-refractivity contribution is 6.34. The van der Waals surface area contributed by atoms with Gasteiger partial charge in [-0.2, -0.15) is 5.10 Å². The molecule has 1 aromatic heterocycles. The number of aryl methyl sites for hydroxylation is 1. The summed E-state index contributed by atoms with van der Waals surface area (Å²) in [5, 5.41) is 4.62. The molecule has 0 saturated heterocycles. The summed E-state index contributed by atoms with van der Waals surface area (Å²) >= 11 is 6.20. The molecule has 3 rings (SSSR count). The number of nitrogens with two attached hydrogens (primary N) is 1. The molecule has 0 spiro atoms. The van der Waals surface area contributed by atoms with Crippen LogP contribution in [0.25, 0.3) is 11.3 Å². The van der Waals surface area contributed by atoms with Crippen molar-refractivity contribution in [3.63, 3.8) is 0 Å². The number of nitrogen functional groups attached to an aromatic ring is 1. The summed E-state index contributed by atoms with van der Waals surface area (Å²) in [6, 6.07) is 3.21. The molecule has 0 aliphatic carbocycles. The largest absolute Gasteiger partial charge is 0.453 e. The molecule has 0 fully saturated rings. The zero-order chi connectivity index (χ0) is 13.6. The maximum absolute atomic E-state index is 11.0. The third-order valence-corrected chi connectivity index (χ3v) is 3.22. The van der Waals surface area contributed by atoms with Crippen LogP contribution < -0.4 is 15.2 Å². The standard InChI is InChI=1S/C12H10ClN3O3/c1-16-9(14)3-8(15-16)10-7(13)2-6(4-17)11-12(10)19-5-18-11/h2-4H,5,14H2,1H3. The number of rotatable bonds is 2. The first-order valence-corrected chi connectivity index (χ1v) is 5.86. The number of carbonyl (C=O) groups excluding carboxylic acids is 1. The van der Waals surface area contributed by atoms with E-state index in [0.29, 0.717) is 45.4 Å². The predicted molar refractivity (Wildman–Crippen MR) is 69.6 cm³/mol. The Bertz CT molecular complexity index is 662. The van der Waals surface area contributed by atoms with Crippen LogP contribution in [0.1, 0.15) is 10.4 Å². The van der Waals surface area contributed by atoms with Gasteiger partial charge in [-0.3, -0.25) is 9.48 Å². The maximum Gasteiger partial charge on any atom is 0.231 e. The molecule has 0 bridgehead atoms. The van der Waals surface area contributed by atoms with Crippen molar-refractivity contribution in [3.05, 3.63) is 22.7 Å². The molecule has 0 radical (unpaired) electrons. The Balaban J connectivity index is 2.27. The highest BCUT2D eigenvalue weighted by Gasteiger charge is 2.27. The third kappa shape index (κ3) is 1.72. The second kappa shape index (κ2) is 4.17. The average Bonchev–Trinajstić information content (AvgIpc) is 2.96. The van der Waals surface area contributed by atoms with Gasteiger partial charge in [0.2, 0.25) is 6.79 Å². The molecule has 0 amide bonds. The Hall–Kier alpha value is -2.21. The third-order valence-electron chi connectivity index (χ3n) is 2.92. The monoisotopic (exact) mass is 279 g/mol. The summed E-state index contributed by atoms with van der Waals surface area (Å²) in [4.78, 5) is 11.0. The van der Waals surface area contributed by atoms with Crippen LogP contribution in [0.4, 0.5) is 5.82 Å². The topological polar surface area (TPSA) is 79.4 Å². The smallest absolute Gasteiger partial charge is 0.231 e. The lowest BCUT2D eigenvalue weighted by Gasteiger charge is -2.07. The van der Waals surface area contributed by atoms with Crippen molar-refractivity contribution in [1.29, 1.82) is 0 Å². The summed E-state index contributed by atoms with van der Waals surface area (Å²) in [5.74, 6) is 1.31. The van der Waals surface area contributed by atoms with Gasteiger partial charge < -0.3 is 15.2 Å². The quantitative estimate of drug-likeness (QED) is 0.849. The SMILES string of the molecule is Cn1nc(-c2c(Cl)cc(C=O)c3c2OCO3)cc1N. The van der Waals surface area contributed by atoms with Crippen molar-refractivity contribution < 1.29 is 14.3 Å². The van der Waals surface area contributed by atoms with Crippen LogP contribution in [0.2, 0.25) is 5.02 Å². The Kier molecular flexibility index (Phi) is 2.60. The van der Waals surface area contributed by atoms with Crippen LogP contribution in [-0.4, -0.2) is 22.9 Å². The number of ether oxygens (including phenoxy) is 2. The minimum Gasteiger partial charge on any atom is -0.453 e. The molecule has 1 aliphatic rings. The van der Waals surface area contributed by atoms with Crippen LogP contribution >= 0.6 is 11.6 Å². The predicted octanol–water partition coefficient (Wildman–Crippen LogP) is 1.86. The van der Waals surface area contributed by atoms with Gasteiger partial charge in [0.1, 0.15) is 5.82 Å². The van der Waals surface area contributed by atoms with Crippen LogP contribution in [-0.2, 0) is 7.05 Å². The average molecular weight is 280 g/mol. The molecule has 0 atom stereocenters. The lowest BCUT2D eigenvalue weighted by atomic mass is 10.1. The number of fused-ring (bicyclic) bond motifs is 1. The van der Waals surface area contributed by atoms with E-state index in [-0.39, 0.29) is 6.79 Å². The second-order valence-corrected chi connectivity index (χ2v) is 4.49. The summed E-state index contributed by atoms with van der Waals surface area (Å²) in [6.07, 6.45) is 0.677. The van der Waals surface area contributed by atoms with E-state index < -0.39 is 0 Å². The number of benzene rings is 1. The van der Waals surface area contributed by atoms with E-state index >= 15 is 0 Å². The molecule has 19 heavy (non-hydrogen) atoms. The van der Waals surface area contributed by atoms with Gasteiger partial charge in [0, 0.05) is 13.1 Å². The highest BCUT2D eigenvalue weighted by Crippen LogP contribution is 2.47. The van der Waals surface area contributed by atoms with Gasteiger partial charge >= 0.3 is 0 Å². The van der Waals surface area contributed by atoms with Crippen molar-refractivity contribution in [2.45, 2.75) is 0 Å². The molecule has 7 heteroatoms. The Labute approximate surface area is 113 Å². The summed E-state index contributed by atoms with van der Waals surface area (Å²) in [5.41, 5.74) is 7.26. The van der Waals surface area contributed by atoms with Gasteiger partial charge in [0.15, 0.2) is 17.8 Å². The lowest BCUT2D eigenvalue weighted by molar-refractivity contribution is 0.111. The zero-order valence-electron chi connectivity index (χ0n) is 10.0. The molecule has 6 nitrogen and oxygen atoms in total. The Morgan fingerprint density at radius 2 is 2.16 bits per heavy atom. The molecule has 1 aliphatic heterocycles. The van der Waals surface area contributed by atoms with E-state index in [1.165, 1.54) is 10.7 Å². The molecule has 2 aromatic rings. The number of carbonyl (C=O) groups is 1. The van der Waals surface area contributed by atoms with Crippen molar-refractivity contribution in [2.75, 3.05) is 12.5 Å². The van der Waals surface area contributed by atoms with Crippen LogP contribution in [0.15, 0.2) is 12.1 Å². The van der Waals surface area contributed by atoms with Crippen LogP contribution in [0, 0.1) is 0 Å². The number of aldehydes is 1.